The van der Waals surface area contributed by atoms with Crippen LogP contribution in [0.25, 0.3) is 6.08 Å². The third-order valence-corrected chi connectivity index (χ3v) is 3.84. The van der Waals surface area contributed by atoms with Gasteiger partial charge in [0.15, 0.2) is 0 Å². The summed E-state index contributed by atoms with van der Waals surface area (Å²) in [6.07, 6.45) is 5.37. The minimum Gasteiger partial charge on any atom is -0.462 e. The Balaban J connectivity index is 1.75. The molecule has 1 aromatic carbocycles. The zero-order chi connectivity index (χ0) is 15.1. The molecule has 0 N–H and O–H groups in total. The largest absolute Gasteiger partial charge is 0.462 e. The van der Waals surface area contributed by atoms with E-state index in [1.807, 2.05) is 42.5 Å². The maximum Gasteiger partial charge on any atom is 0.333 e. The van der Waals surface area contributed by atoms with E-state index in [2.05, 4.69) is 13.5 Å². The van der Waals surface area contributed by atoms with Gasteiger partial charge in [0.2, 0.25) is 0 Å². The fourth-order valence-corrected chi connectivity index (χ4v) is 2.09. The first-order valence-corrected chi connectivity index (χ1v) is 7.29. The smallest absolute Gasteiger partial charge is 0.333 e. The summed E-state index contributed by atoms with van der Waals surface area (Å²) in [5.41, 5.74) is 1.61. The van der Waals surface area contributed by atoms with Crippen molar-refractivity contribution in [3.05, 3.63) is 54.1 Å². The number of carbonyl (C=O) groups is 1. The number of hydrogen-bond acceptors (Lipinski definition) is 3. The number of carbonyl (C=O) groups excluding carboxylic acids is 1. The molecular formula is C18H22O3. The van der Waals surface area contributed by atoms with Gasteiger partial charge in [-0.2, -0.15) is 0 Å². The van der Waals surface area contributed by atoms with Crippen LogP contribution >= 0.6 is 0 Å². The average molecular weight is 286 g/mol. The van der Waals surface area contributed by atoms with E-state index in [-0.39, 0.29) is 11.4 Å². The van der Waals surface area contributed by atoms with E-state index in [0.717, 1.165) is 12.0 Å². The van der Waals surface area contributed by atoms with E-state index >= 15 is 0 Å². The van der Waals surface area contributed by atoms with Crippen LogP contribution in [0.15, 0.2) is 48.6 Å². The zero-order valence-corrected chi connectivity index (χ0v) is 12.5. The van der Waals surface area contributed by atoms with E-state index in [9.17, 15) is 4.79 Å². The molecule has 0 radical (unpaired) electrons. The number of rotatable bonds is 7. The Morgan fingerprint density at radius 2 is 2.10 bits per heavy atom. The lowest BCUT2D eigenvalue weighted by Crippen LogP contribution is -2.46. The number of benzene rings is 1. The van der Waals surface area contributed by atoms with Crippen molar-refractivity contribution in [1.29, 1.82) is 0 Å². The lowest BCUT2D eigenvalue weighted by molar-refractivity contribution is -0.167. The van der Waals surface area contributed by atoms with Gasteiger partial charge in [-0.1, -0.05) is 56.0 Å². The van der Waals surface area contributed by atoms with Crippen molar-refractivity contribution >= 4 is 12.0 Å². The third kappa shape index (κ3) is 4.30. The molecule has 1 saturated heterocycles. The number of esters is 1. The Labute approximate surface area is 126 Å². The second kappa shape index (κ2) is 7.23. The summed E-state index contributed by atoms with van der Waals surface area (Å²) in [6, 6.07) is 9.96. The van der Waals surface area contributed by atoms with Gasteiger partial charge >= 0.3 is 5.97 Å². The average Bonchev–Trinajstić information content (AvgIpc) is 2.47. The molecule has 1 aliphatic rings. The molecule has 0 aliphatic carbocycles. The second-order valence-corrected chi connectivity index (χ2v) is 5.54. The molecule has 1 heterocycles. The highest BCUT2D eigenvalue weighted by atomic mass is 16.5. The summed E-state index contributed by atoms with van der Waals surface area (Å²) in [7, 11) is 0. The van der Waals surface area contributed by atoms with Crippen LogP contribution in [0.4, 0.5) is 0 Å². The molecule has 21 heavy (non-hydrogen) atoms. The van der Waals surface area contributed by atoms with Gasteiger partial charge in [0.05, 0.1) is 18.6 Å². The van der Waals surface area contributed by atoms with Gasteiger partial charge in [-0.15, -0.1) is 0 Å². The van der Waals surface area contributed by atoms with Gasteiger partial charge in [0.25, 0.3) is 0 Å². The highest BCUT2D eigenvalue weighted by Gasteiger charge is 2.38. The minimum atomic E-state index is -0.313. The predicted octanol–water partition coefficient (Wildman–Crippen LogP) is 3.62. The molecule has 1 fully saturated rings. The van der Waals surface area contributed by atoms with Gasteiger partial charge in [0.1, 0.15) is 6.61 Å². The molecule has 1 aliphatic heterocycles. The fourth-order valence-electron chi connectivity index (χ4n) is 2.09. The van der Waals surface area contributed by atoms with E-state index in [0.29, 0.717) is 31.8 Å². The number of allylic oxidation sites excluding steroid dienone is 1. The summed E-state index contributed by atoms with van der Waals surface area (Å²) in [6.45, 7) is 7.67. The topological polar surface area (TPSA) is 35.5 Å². The molecule has 0 spiro atoms. The Morgan fingerprint density at radius 1 is 1.38 bits per heavy atom. The normalized spacial score (nSPS) is 16.4. The highest BCUT2D eigenvalue weighted by molar-refractivity contribution is 5.88. The van der Waals surface area contributed by atoms with Gasteiger partial charge in [-0.25, -0.2) is 4.79 Å². The van der Waals surface area contributed by atoms with E-state index in [4.69, 9.17) is 9.47 Å². The van der Waals surface area contributed by atoms with Crippen LogP contribution in [0, 0.1) is 5.41 Å². The Bertz CT molecular complexity index is 507. The van der Waals surface area contributed by atoms with Gasteiger partial charge in [-0.3, -0.25) is 0 Å². The fraction of sp³-hybridized carbons (Fsp3) is 0.389. The van der Waals surface area contributed by atoms with Crippen LogP contribution in [0.5, 0.6) is 0 Å². The Kier molecular flexibility index (Phi) is 5.34. The first kappa shape index (κ1) is 15.5. The molecule has 2 rings (SSSR count). The monoisotopic (exact) mass is 286 g/mol. The Hall–Kier alpha value is -1.87. The molecule has 0 bridgehead atoms. The summed E-state index contributed by atoms with van der Waals surface area (Å²) < 4.78 is 10.6. The molecular weight excluding hydrogens is 264 g/mol. The van der Waals surface area contributed by atoms with Gasteiger partial charge in [0, 0.05) is 5.57 Å². The lowest BCUT2D eigenvalue weighted by atomic mass is 9.84. The van der Waals surface area contributed by atoms with Crippen LogP contribution < -0.4 is 0 Å². The van der Waals surface area contributed by atoms with Crippen molar-refractivity contribution in [2.75, 3.05) is 19.8 Å². The van der Waals surface area contributed by atoms with E-state index < -0.39 is 0 Å². The van der Waals surface area contributed by atoms with Crippen molar-refractivity contribution in [2.45, 2.75) is 19.8 Å². The molecule has 0 saturated carbocycles. The van der Waals surface area contributed by atoms with Gasteiger partial charge in [-0.05, 0) is 18.4 Å². The lowest BCUT2D eigenvalue weighted by Gasteiger charge is -2.39. The van der Waals surface area contributed by atoms with Crippen LogP contribution in [0.2, 0.25) is 0 Å². The second-order valence-electron chi connectivity index (χ2n) is 5.54. The van der Waals surface area contributed by atoms with Crippen molar-refractivity contribution in [2.24, 2.45) is 5.41 Å². The molecule has 0 unspecified atom stereocenters. The predicted molar refractivity (Wildman–Crippen MR) is 83.7 cm³/mol. The standard InChI is InChI=1S/C18H22O3/c1-3-18(12-20-13-18)14-21-17(19)15(2)8-7-11-16-9-5-4-6-10-16/h4-7,9-11H,2-3,8,12-14H2,1H3. The molecule has 3 nitrogen and oxygen atoms in total. The maximum atomic E-state index is 11.9. The van der Waals surface area contributed by atoms with Crippen LogP contribution in [0.1, 0.15) is 25.3 Å². The van der Waals surface area contributed by atoms with Gasteiger partial charge < -0.3 is 9.47 Å². The van der Waals surface area contributed by atoms with Crippen LogP contribution in [0.3, 0.4) is 0 Å². The molecule has 0 aromatic heterocycles. The maximum absolute atomic E-state index is 11.9. The molecule has 3 heteroatoms. The summed E-state index contributed by atoms with van der Waals surface area (Å²) >= 11 is 0. The number of ether oxygens (including phenoxy) is 2. The third-order valence-electron chi connectivity index (χ3n) is 3.84. The first-order chi connectivity index (χ1) is 10.2. The number of hydrogen-bond donors (Lipinski definition) is 0. The summed E-state index contributed by atoms with van der Waals surface area (Å²) in [5, 5.41) is 0. The summed E-state index contributed by atoms with van der Waals surface area (Å²) in [5.74, 6) is -0.313. The minimum absolute atomic E-state index is 0.0236. The van der Waals surface area contributed by atoms with Crippen molar-refractivity contribution in [3.8, 4) is 0 Å². The van der Waals surface area contributed by atoms with Crippen LogP contribution in [-0.2, 0) is 14.3 Å². The zero-order valence-electron chi connectivity index (χ0n) is 12.5. The van der Waals surface area contributed by atoms with Crippen molar-refractivity contribution in [1.82, 2.24) is 0 Å². The highest BCUT2D eigenvalue weighted by Crippen LogP contribution is 2.31. The molecule has 0 atom stereocenters. The van der Waals surface area contributed by atoms with Crippen molar-refractivity contribution in [3.63, 3.8) is 0 Å². The SMILES string of the molecule is C=C(CC=Cc1ccccc1)C(=O)OCC1(CC)COC1. The van der Waals surface area contributed by atoms with E-state index in [1.165, 1.54) is 0 Å². The Morgan fingerprint density at radius 3 is 2.67 bits per heavy atom. The molecule has 0 amide bonds. The molecule has 112 valence electrons. The molecule has 1 aromatic rings. The van der Waals surface area contributed by atoms with Crippen LogP contribution in [-0.4, -0.2) is 25.8 Å². The first-order valence-electron chi connectivity index (χ1n) is 7.29. The summed E-state index contributed by atoms with van der Waals surface area (Å²) in [4.78, 5) is 11.9. The van der Waals surface area contributed by atoms with Crippen molar-refractivity contribution < 1.29 is 14.3 Å². The van der Waals surface area contributed by atoms with E-state index in [1.54, 1.807) is 0 Å². The quantitative estimate of drug-likeness (QED) is 0.567.